The molecule has 2 fully saturated rings. The summed E-state index contributed by atoms with van der Waals surface area (Å²) in [6, 6.07) is 5.74. The maximum absolute atomic E-state index is 12.9. The van der Waals surface area contributed by atoms with Gasteiger partial charge in [0.05, 0.1) is 0 Å². The van der Waals surface area contributed by atoms with E-state index in [0.29, 0.717) is 37.0 Å². The average Bonchev–Trinajstić information content (AvgIpc) is 3.28. The summed E-state index contributed by atoms with van der Waals surface area (Å²) in [6.07, 6.45) is 4.22. The maximum Gasteiger partial charge on any atom is 0.255 e. The molecule has 3 N–H and O–H groups in total. The highest BCUT2D eigenvalue weighted by molar-refractivity contribution is 6.05. The maximum atomic E-state index is 12.9. The van der Waals surface area contributed by atoms with Crippen LogP contribution in [0, 0.1) is 5.92 Å². The van der Waals surface area contributed by atoms with Gasteiger partial charge in [-0.05, 0) is 56.0 Å². The number of hydrogen-bond acceptors (Lipinski definition) is 5. The van der Waals surface area contributed by atoms with Gasteiger partial charge in [-0.1, -0.05) is 18.6 Å². The highest BCUT2D eigenvalue weighted by Gasteiger charge is 2.40. The first-order chi connectivity index (χ1) is 13.5. The number of carbonyl (C=O) groups excluding carboxylic acids is 3. The second-order valence-corrected chi connectivity index (χ2v) is 8.25. The highest BCUT2D eigenvalue weighted by atomic mass is 16.2. The molecule has 2 aliphatic heterocycles. The molecule has 3 unspecified atom stereocenters. The van der Waals surface area contributed by atoms with Crippen LogP contribution in [0.5, 0.6) is 0 Å². The van der Waals surface area contributed by atoms with Gasteiger partial charge in [0.25, 0.3) is 5.91 Å². The molecule has 0 spiro atoms. The van der Waals surface area contributed by atoms with Crippen molar-refractivity contribution in [3.05, 3.63) is 34.9 Å². The number of carbonyl (C=O) groups is 3. The number of benzene rings is 1. The number of nitrogens with zero attached hydrogens (tertiary/aromatic N) is 2. The Morgan fingerprint density at radius 1 is 1.21 bits per heavy atom. The monoisotopic (exact) mass is 384 g/mol. The molecule has 0 bridgehead atoms. The van der Waals surface area contributed by atoms with Gasteiger partial charge in [-0.3, -0.25) is 24.6 Å². The topological polar surface area (TPSA) is 95.7 Å². The molecule has 1 aromatic carbocycles. The van der Waals surface area contributed by atoms with Gasteiger partial charge in [0, 0.05) is 31.1 Å². The van der Waals surface area contributed by atoms with E-state index in [9.17, 15) is 14.4 Å². The van der Waals surface area contributed by atoms with Crippen LogP contribution in [0.1, 0.15) is 53.6 Å². The van der Waals surface area contributed by atoms with Crippen LogP contribution in [0.3, 0.4) is 0 Å². The number of nitrogens with two attached hydrogens (primary N) is 1. The van der Waals surface area contributed by atoms with Crippen molar-refractivity contribution in [3.63, 3.8) is 0 Å². The average molecular weight is 384 g/mol. The van der Waals surface area contributed by atoms with Crippen LogP contribution in [0.4, 0.5) is 0 Å². The first-order valence-corrected chi connectivity index (χ1v) is 10.1. The highest BCUT2D eigenvalue weighted by Crippen LogP contribution is 2.33. The fourth-order valence-electron chi connectivity index (χ4n) is 5.06. The van der Waals surface area contributed by atoms with Gasteiger partial charge in [0.15, 0.2) is 0 Å². The normalized spacial score (nSPS) is 27.5. The Kier molecular flexibility index (Phi) is 5.21. The Morgan fingerprint density at radius 2 is 2.04 bits per heavy atom. The third-order valence-corrected chi connectivity index (χ3v) is 6.59. The van der Waals surface area contributed by atoms with E-state index in [4.69, 9.17) is 5.73 Å². The van der Waals surface area contributed by atoms with E-state index < -0.39 is 6.04 Å². The summed E-state index contributed by atoms with van der Waals surface area (Å²) in [5, 5.41) is 2.36. The van der Waals surface area contributed by atoms with Crippen molar-refractivity contribution >= 4 is 17.7 Å². The number of hydrogen-bond donors (Lipinski definition) is 2. The van der Waals surface area contributed by atoms with E-state index in [-0.39, 0.29) is 24.1 Å². The van der Waals surface area contributed by atoms with E-state index >= 15 is 0 Å². The fraction of sp³-hybridized carbons (Fsp3) is 0.571. The van der Waals surface area contributed by atoms with Crippen LogP contribution in [-0.2, 0) is 22.7 Å². The molecular formula is C21H28N4O3. The lowest BCUT2D eigenvalue weighted by Crippen LogP contribution is -2.52. The van der Waals surface area contributed by atoms with Gasteiger partial charge >= 0.3 is 0 Å². The Labute approximate surface area is 165 Å². The van der Waals surface area contributed by atoms with Crippen molar-refractivity contribution in [1.29, 1.82) is 0 Å². The molecule has 28 heavy (non-hydrogen) atoms. The van der Waals surface area contributed by atoms with Gasteiger partial charge in [-0.25, -0.2) is 0 Å². The van der Waals surface area contributed by atoms with Gasteiger partial charge in [-0.2, -0.15) is 0 Å². The minimum absolute atomic E-state index is 0.116. The van der Waals surface area contributed by atoms with Crippen LogP contribution >= 0.6 is 0 Å². The van der Waals surface area contributed by atoms with Gasteiger partial charge in [-0.15, -0.1) is 0 Å². The molecule has 1 saturated carbocycles. The number of fused-ring (bicyclic) bond motifs is 1. The molecule has 2 heterocycles. The zero-order valence-electron chi connectivity index (χ0n) is 16.3. The quantitative estimate of drug-likeness (QED) is 0.739. The van der Waals surface area contributed by atoms with Crippen LogP contribution in [-0.4, -0.2) is 53.2 Å². The Hall–Kier alpha value is -2.25. The summed E-state index contributed by atoms with van der Waals surface area (Å²) >= 11 is 0. The van der Waals surface area contributed by atoms with Gasteiger partial charge in [0.1, 0.15) is 6.04 Å². The van der Waals surface area contributed by atoms with E-state index in [1.807, 2.05) is 12.1 Å². The second kappa shape index (κ2) is 7.64. The predicted molar refractivity (Wildman–Crippen MR) is 104 cm³/mol. The minimum Gasteiger partial charge on any atom is -0.330 e. The van der Waals surface area contributed by atoms with Crippen LogP contribution in [0.25, 0.3) is 0 Å². The van der Waals surface area contributed by atoms with E-state index in [1.54, 1.807) is 4.90 Å². The first kappa shape index (κ1) is 19.1. The molecule has 3 atom stereocenters. The first-order valence-electron chi connectivity index (χ1n) is 10.1. The van der Waals surface area contributed by atoms with E-state index in [2.05, 4.69) is 23.3 Å². The van der Waals surface area contributed by atoms with Crippen LogP contribution < -0.4 is 11.1 Å². The lowest BCUT2D eigenvalue weighted by molar-refractivity contribution is -0.136. The number of piperidine rings is 1. The zero-order chi connectivity index (χ0) is 19.8. The molecule has 7 nitrogen and oxygen atoms in total. The molecule has 3 amide bonds. The lowest BCUT2D eigenvalue weighted by Gasteiger charge is -2.30. The summed E-state index contributed by atoms with van der Waals surface area (Å²) in [5.41, 5.74) is 8.76. The van der Waals surface area contributed by atoms with Crippen molar-refractivity contribution in [1.82, 2.24) is 15.1 Å². The summed E-state index contributed by atoms with van der Waals surface area (Å²) in [4.78, 5) is 40.6. The summed E-state index contributed by atoms with van der Waals surface area (Å²) in [6.45, 7) is 1.90. The summed E-state index contributed by atoms with van der Waals surface area (Å²) in [7, 11) is 2.13. The van der Waals surface area contributed by atoms with Gasteiger partial charge < -0.3 is 10.6 Å². The number of imide groups is 1. The summed E-state index contributed by atoms with van der Waals surface area (Å²) < 4.78 is 0. The van der Waals surface area contributed by atoms with E-state index in [0.717, 1.165) is 24.1 Å². The predicted octanol–water partition coefficient (Wildman–Crippen LogP) is 1.01. The molecule has 0 radical (unpaired) electrons. The number of rotatable bonds is 5. The molecular weight excluding hydrogens is 356 g/mol. The largest absolute Gasteiger partial charge is 0.330 e. The summed E-state index contributed by atoms with van der Waals surface area (Å²) in [5.74, 6) is -0.218. The number of amides is 3. The van der Waals surface area contributed by atoms with Crippen molar-refractivity contribution < 1.29 is 14.4 Å². The smallest absolute Gasteiger partial charge is 0.255 e. The standard InChI is InChI=1S/C21H28N4O3/c1-24(17-7-3-4-13(17)10-22)11-14-5-2-6-15-16(14)12-25(21(15)28)18-8-9-19(26)23-20(18)27/h2,5-6,13,17-18H,3-4,7-12,22H2,1H3,(H,23,26,27). The molecule has 7 heteroatoms. The molecule has 3 aliphatic rings. The van der Waals surface area contributed by atoms with Crippen molar-refractivity contribution in [2.45, 2.75) is 57.3 Å². The Bertz CT molecular complexity index is 809. The molecule has 150 valence electrons. The molecule has 0 aromatic heterocycles. The van der Waals surface area contributed by atoms with Crippen molar-refractivity contribution in [3.8, 4) is 0 Å². The fourth-order valence-corrected chi connectivity index (χ4v) is 5.06. The third kappa shape index (κ3) is 3.33. The molecule has 1 aliphatic carbocycles. The third-order valence-electron chi connectivity index (χ3n) is 6.59. The Morgan fingerprint density at radius 3 is 2.79 bits per heavy atom. The van der Waals surface area contributed by atoms with Crippen molar-refractivity contribution in [2.24, 2.45) is 11.7 Å². The number of nitrogens with one attached hydrogen (secondary N) is 1. The van der Waals surface area contributed by atoms with Crippen LogP contribution in [0.2, 0.25) is 0 Å². The van der Waals surface area contributed by atoms with Crippen molar-refractivity contribution in [2.75, 3.05) is 13.6 Å². The molecule has 1 saturated heterocycles. The van der Waals surface area contributed by atoms with E-state index in [1.165, 1.54) is 12.8 Å². The SMILES string of the molecule is CN(Cc1cccc2c1CN(C1CCC(=O)NC1=O)C2=O)C1CCCC1CN. The second-order valence-electron chi connectivity index (χ2n) is 8.25. The van der Waals surface area contributed by atoms with Gasteiger partial charge in [0.2, 0.25) is 11.8 Å². The molecule has 4 rings (SSSR count). The Balaban J connectivity index is 1.53. The zero-order valence-corrected chi connectivity index (χ0v) is 16.3. The molecule has 1 aromatic rings. The minimum atomic E-state index is -0.570. The van der Waals surface area contributed by atoms with Crippen LogP contribution in [0.15, 0.2) is 18.2 Å². The lowest BCUT2D eigenvalue weighted by atomic mass is 9.99.